The Hall–Kier alpha value is -4.44. The summed E-state index contributed by atoms with van der Waals surface area (Å²) in [4.78, 5) is 42.9. The molecule has 1 aromatic heterocycles. The van der Waals surface area contributed by atoms with Gasteiger partial charge in [0.05, 0.1) is 12.6 Å². The molecule has 10 nitrogen and oxygen atoms in total. The van der Waals surface area contributed by atoms with Gasteiger partial charge >= 0.3 is 6.03 Å². The molecule has 1 atom stereocenters. The molecule has 0 saturated carbocycles. The predicted molar refractivity (Wildman–Crippen MR) is 149 cm³/mol. The average Bonchev–Trinajstić information content (AvgIpc) is 2.91. The fourth-order valence-electron chi connectivity index (χ4n) is 4.88. The molecule has 2 aliphatic heterocycles. The van der Waals surface area contributed by atoms with Gasteiger partial charge in [0.15, 0.2) is 0 Å². The Morgan fingerprint density at radius 1 is 1.18 bits per heavy atom. The molecule has 1 unspecified atom stereocenters. The number of carbonyl (C=O) groups is 2. The molecule has 0 radical (unpaired) electrons. The zero-order valence-electron chi connectivity index (χ0n) is 21.8. The van der Waals surface area contributed by atoms with E-state index in [1.54, 1.807) is 41.3 Å². The van der Waals surface area contributed by atoms with Gasteiger partial charge in [0.1, 0.15) is 5.82 Å². The van der Waals surface area contributed by atoms with E-state index in [0.29, 0.717) is 43.5 Å². The van der Waals surface area contributed by atoms with E-state index >= 15 is 0 Å². The number of benzene rings is 2. The van der Waals surface area contributed by atoms with Crippen LogP contribution in [0.15, 0.2) is 66.9 Å². The number of fused-ring (bicyclic) bond motifs is 2. The normalized spacial score (nSPS) is 17.1. The number of para-hydroxylation sites is 1. The van der Waals surface area contributed by atoms with E-state index in [1.807, 2.05) is 66.4 Å². The summed E-state index contributed by atoms with van der Waals surface area (Å²) in [5.74, 6) is 0.923. The van der Waals surface area contributed by atoms with E-state index in [0.717, 1.165) is 22.5 Å². The molecule has 3 N–H and O–H groups in total. The number of carbonyl (C=O) groups excluding carboxylic acids is 2. The second-order valence-electron chi connectivity index (χ2n) is 9.78. The van der Waals surface area contributed by atoms with Gasteiger partial charge in [0.25, 0.3) is 5.91 Å². The molecule has 3 amide bonds. The summed E-state index contributed by atoms with van der Waals surface area (Å²) in [5, 5.41) is 3.17. The Kier molecular flexibility index (Phi) is 6.97. The summed E-state index contributed by atoms with van der Waals surface area (Å²) in [6.07, 6.45) is 5.89. The maximum Gasteiger partial charge on any atom is 0.326 e. The van der Waals surface area contributed by atoms with Gasteiger partial charge in [0.2, 0.25) is 5.95 Å². The lowest BCUT2D eigenvalue weighted by Gasteiger charge is -2.43. The minimum absolute atomic E-state index is 0.0558. The first kappa shape index (κ1) is 25.2. The number of rotatable bonds is 6. The monoisotopic (exact) mass is 512 g/mol. The second-order valence-corrected chi connectivity index (χ2v) is 9.78. The summed E-state index contributed by atoms with van der Waals surface area (Å²) in [5.41, 5.74) is 9.90. The number of urea groups is 1. The molecule has 38 heavy (non-hydrogen) atoms. The molecule has 0 spiro atoms. The lowest BCUT2D eigenvalue weighted by molar-refractivity contribution is -0.114. The van der Waals surface area contributed by atoms with Crippen molar-refractivity contribution in [3.8, 4) is 0 Å². The molecule has 0 saturated heterocycles. The van der Waals surface area contributed by atoms with Crippen molar-refractivity contribution in [1.82, 2.24) is 19.8 Å². The van der Waals surface area contributed by atoms with Crippen LogP contribution in [-0.4, -0.2) is 65.9 Å². The van der Waals surface area contributed by atoms with Gasteiger partial charge in [0, 0.05) is 55.0 Å². The smallest absolute Gasteiger partial charge is 0.326 e. The zero-order valence-corrected chi connectivity index (χ0v) is 21.8. The van der Waals surface area contributed by atoms with Gasteiger partial charge in [-0.25, -0.2) is 9.78 Å². The number of likely N-dealkylation sites (N-methyl/N-ethyl adjacent to an activating group) is 1. The van der Waals surface area contributed by atoms with E-state index < -0.39 is 0 Å². The van der Waals surface area contributed by atoms with Crippen LogP contribution in [0.25, 0.3) is 0 Å². The Labute approximate surface area is 222 Å². The van der Waals surface area contributed by atoms with Crippen molar-refractivity contribution in [3.05, 3.63) is 78.0 Å². The molecular weight excluding hydrogens is 480 g/mol. The Morgan fingerprint density at radius 3 is 2.71 bits per heavy atom. The summed E-state index contributed by atoms with van der Waals surface area (Å²) < 4.78 is 0. The van der Waals surface area contributed by atoms with Crippen LogP contribution in [0.4, 0.5) is 33.6 Å². The van der Waals surface area contributed by atoms with Crippen LogP contribution in [0.2, 0.25) is 0 Å². The number of nitrogens with two attached hydrogens (primary N) is 1. The van der Waals surface area contributed by atoms with Crippen molar-refractivity contribution in [3.63, 3.8) is 0 Å². The molecule has 0 bridgehead atoms. The Balaban J connectivity index is 1.38. The van der Waals surface area contributed by atoms with Crippen molar-refractivity contribution >= 4 is 40.8 Å². The predicted octanol–water partition coefficient (Wildman–Crippen LogP) is 3.77. The van der Waals surface area contributed by atoms with Gasteiger partial charge in [-0.1, -0.05) is 24.3 Å². The maximum atomic E-state index is 13.6. The average molecular weight is 513 g/mol. The van der Waals surface area contributed by atoms with E-state index in [2.05, 4.69) is 15.3 Å². The van der Waals surface area contributed by atoms with Crippen LogP contribution in [-0.2, 0) is 11.3 Å². The lowest BCUT2D eigenvalue weighted by Crippen LogP contribution is -2.49. The third-order valence-electron chi connectivity index (χ3n) is 6.79. The minimum Gasteiger partial charge on any atom is -0.399 e. The molecule has 196 valence electrons. The topological polar surface area (TPSA) is 111 Å². The highest BCUT2D eigenvalue weighted by molar-refractivity contribution is 6.02. The Bertz CT molecular complexity index is 1370. The second kappa shape index (κ2) is 10.5. The third-order valence-corrected chi connectivity index (χ3v) is 6.79. The maximum absolute atomic E-state index is 13.6. The highest BCUT2D eigenvalue weighted by Crippen LogP contribution is 2.41. The minimum atomic E-state index is -0.170. The SMILES string of the molecule is CN(C)C/C=C/C(=O)N1CCC(N2Cc3cnc(Nc4ccc(N)cc4)nc3N(C)C2=O)c2ccccc21. The van der Waals surface area contributed by atoms with Crippen LogP contribution in [0.5, 0.6) is 0 Å². The van der Waals surface area contributed by atoms with E-state index in [1.165, 1.54) is 0 Å². The van der Waals surface area contributed by atoms with E-state index in [9.17, 15) is 9.59 Å². The Morgan fingerprint density at radius 2 is 1.95 bits per heavy atom. The highest BCUT2D eigenvalue weighted by Gasteiger charge is 2.38. The molecular formula is C28H32N8O2. The van der Waals surface area contributed by atoms with Crippen molar-refractivity contribution in [2.75, 3.05) is 55.1 Å². The van der Waals surface area contributed by atoms with Gasteiger partial charge in [-0.3, -0.25) is 9.69 Å². The van der Waals surface area contributed by atoms with E-state index in [-0.39, 0.29) is 18.0 Å². The molecule has 0 aliphatic carbocycles. The lowest BCUT2D eigenvalue weighted by atomic mass is 9.94. The fraction of sp³-hybridized carbons (Fsp3) is 0.286. The zero-order chi connectivity index (χ0) is 26.8. The molecule has 2 aliphatic rings. The first-order valence-corrected chi connectivity index (χ1v) is 12.6. The highest BCUT2D eigenvalue weighted by atomic mass is 16.2. The molecule has 2 aromatic carbocycles. The van der Waals surface area contributed by atoms with Crippen LogP contribution in [0.3, 0.4) is 0 Å². The van der Waals surface area contributed by atoms with Gasteiger partial charge < -0.3 is 25.8 Å². The molecule has 5 rings (SSSR count). The molecule has 3 aromatic rings. The summed E-state index contributed by atoms with van der Waals surface area (Å²) >= 11 is 0. The summed E-state index contributed by atoms with van der Waals surface area (Å²) in [6, 6.07) is 14.8. The number of hydrogen-bond acceptors (Lipinski definition) is 7. The molecule has 10 heteroatoms. The molecule has 0 fully saturated rings. The van der Waals surface area contributed by atoms with Gasteiger partial charge in [-0.15, -0.1) is 0 Å². The standard InChI is InChI=1S/C28H32N8O2/c1-33(2)15-6-9-25(37)35-16-14-24(22-7-4-5-8-23(22)35)36-18-19-17-30-27(32-26(19)34(3)28(36)38)31-21-12-10-20(29)11-13-21/h4-13,17,24H,14-16,18,29H2,1-3H3,(H,30,31,32)/b9-6+. The van der Waals surface area contributed by atoms with Gasteiger partial charge in [-0.2, -0.15) is 4.98 Å². The van der Waals surface area contributed by atoms with Crippen molar-refractivity contribution in [2.24, 2.45) is 0 Å². The van der Waals surface area contributed by atoms with Crippen LogP contribution in [0.1, 0.15) is 23.6 Å². The largest absolute Gasteiger partial charge is 0.399 e. The van der Waals surface area contributed by atoms with Gasteiger partial charge in [-0.05, 0) is 56.4 Å². The van der Waals surface area contributed by atoms with Crippen molar-refractivity contribution in [1.29, 1.82) is 0 Å². The number of anilines is 5. The number of nitrogens with zero attached hydrogens (tertiary/aromatic N) is 6. The number of aromatic nitrogens is 2. The number of nitrogens with one attached hydrogen (secondary N) is 1. The summed E-state index contributed by atoms with van der Waals surface area (Å²) in [7, 11) is 5.65. The number of nitrogen functional groups attached to an aromatic ring is 1. The number of hydrogen-bond donors (Lipinski definition) is 2. The van der Waals surface area contributed by atoms with Crippen LogP contribution < -0.4 is 20.9 Å². The fourth-order valence-corrected chi connectivity index (χ4v) is 4.88. The quantitative estimate of drug-likeness (QED) is 0.382. The first-order chi connectivity index (χ1) is 18.3. The van der Waals surface area contributed by atoms with Crippen molar-refractivity contribution in [2.45, 2.75) is 19.0 Å². The van der Waals surface area contributed by atoms with Crippen molar-refractivity contribution < 1.29 is 9.59 Å². The van der Waals surface area contributed by atoms with Crippen LogP contribution in [0, 0.1) is 0 Å². The van der Waals surface area contributed by atoms with Crippen LogP contribution >= 0.6 is 0 Å². The van der Waals surface area contributed by atoms with E-state index in [4.69, 9.17) is 5.73 Å². The summed E-state index contributed by atoms with van der Waals surface area (Å²) in [6.45, 7) is 1.60. The number of amides is 3. The molecule has 3 heterocycles. The third kappa shape index (κ3) is 5.03. The first-order valence-electron chi connectivity index (χ1n) is 12.6.